The summed E-state index contributed by atoms with van der Waals surface area (Å²) in [7, 11) is 0. The second-order valence-electron chi connectivity index (χ2n) is 3.64. The van der Waals surface area contributed by atoms with E-state index in [1.165, 1.54) is 0 Å². The van der Waals surface area contributed by atoms with Gasteiger partial charge in [0.15, 0.2) is 6.10 Å². The number of aliphatic hydroxyl groups is 1. The minimum Gasteiger partial charge on any atom is -0.479 e. The second-order valence-corrected chi connectivity index (χ2v) is 3.64. The molecule has 6 heteroatoms. The molecular weight excluding hydrogens is 212 g/mol. The van der Waals surface area contributed by atoms with Gasteiger partial charge in [0, 0.05) is 25.4 Å². The summed E-state index contributed by atoms with van der Waals surface area (Å²) in [4.78, 5) is 21.7. The molecule has 0 spiro atoms. The molecule has 4 N–H and O–H groups in total. The number of rotatable bonds is 8. The molecule has 16 heavy (non-hydrogen) atoms. The first-order valence-electron chi connectivity index (χ1n) is 5.38. The number of hydrogen-bond donors (Lipinski definition) is 4. The van der Waals surface area contributed by atoms with Crippen molar-refractivity contribution in [2.45, 2.75) is 26.4 Å². The van der Waals surface area contributed by atoms with Crippen LogP contribution in [0.1, 0.15) is 20.3 Å². The normalized spacial score (nSPS) is 14.2. The predicted octanol–water partition coefficient (Wildman–Crippen LogP) is -0.816. The Hall–Kier alpha value is -1.14. The molecule has 0 bridgehead atoms. The smallest absolute Gasteiger partial charge is 0.332 e. The zero-order valence-corrected chi connectivity index (χ0v) is 9.69. The van der Waals surface area contributed by atoms with E-state index < -0.39 is 12.1 Å². The number of aliphatic carboxylic acids is 1. The van der Waals surface area contributed by atoms with E-state index in [2.05, 4.69) is 10.6 Å². The molecule has 0 heterocycles. The van der Waals surface area contributed by atoms with Gasteiger partial charge >= 0.3 is 5.97 Å². The maximum atomic E-state index is 11.4. The zero-order chi connectivity index (χ0) is 12.6. The summed E-state index contributed by atoms with van der Waals surface area (Å²) in [6.45, 7) is 5.29. The number of carbonyl (C=O) groups excluding carboxylic acids is 1. The van der Waals surface area contributed by atoms with E-state index in [1.54, 1.807) is 6.92 Å². The average molecular weight is 232 g/mol. The Labute approximate surface area is 95.0 Å². The van der Waals surface area contributed by atoms with Crippen LogP contribution in [0.2, 0.25) is 0 Å². The number of carboxylic acid groups (broad SMARTS) is 1. The second kappa shape index (κ2) is 8.06. The van der Waals surface area contributed by atoms with Crippen LogP contribution in [-0.4, -0.2) is 47.8 Å². The van der Waals surface area contributed by atoms with Crippen molar-refractivity contribution < 1.29 is 19.8 Å². The third-order valence-corrected chi connectivity index (χ3v) is 2.15. The lowest BCUT2D eigenvalue weighted by Gasteiger charge is -2.12. The summed E-state index contributed by atoms with van der Waals surface area (Å²) in [6, 6.07) is 0. The molecule has 2 atom stereocenters. The fraction of sp³-hybridized carbons (Fsp3) is 0.800. The molecule has 0 saturated carbocycles. The van der Waals surface area contributed by atoms with Crippen molar-refractivity contribution in [3.63, 3.8) is 0 Å². The standard InChI is InChI=1S/C10H20N2O4/c1-3-11-6-7(2)9(14)12-5-4-8(13)10(15)16/h7-8,11,13H,3-6H2,1-2H3,(H,12,14)(H,15,16)/t7?,8-/m0/s1. The number of aliphatic hydroxyl groups excluding tert-OH is 1. The van der Waals surface area contributed by atoms with Gasteiger partial charge in [-0.1, -0.05) is 13.8 Å². The SMILES string of the molecule is CCNCC(C)C(=O)NCC[C@H](O)C(=O)O. The topological polar surface area (TPSA) is 98.7 Å². The van der Waals surface area contributed by atoms with E-state index in [9.17, 15) is 9.59 Å². The summed E-state index contributed by atoms with van der Waals surface area (Å²) in [5.74, 6) is -1.57. The third kappa shape index (κ3) is 6.36. The molecule has 0 aliphatic heterocycles. The lowest BCUT2D eigenvalue weighted by atomic mass is 10.1. The summed E-state index contributed by atoms with van der Waals surface area (Å²) in [5, 5.41) is 23.0. The van der Waals surface area contributed by atoms with Crippen LogP contribution in [0, 0.1) is 5.92 Å². The Morgan fingerprint density at radius 3 is 2.50 bits per heavy atom. The van der Waals surface area contributed by atoms with Gasteiger partial charge in [-0.25, -0.2) is 4.79 Å². The zero-order valence-electron chi connectivity index (χ0n) is 9.69. The molecule has 0 fully saturated rings. The molecule has 6 nitrogen and oxygen atoms in total. The number of nitrogens with one attached hydrogen (secondary N) is 2. The van der Waals surface area contributed by atoms with E-state index in [1.807, 2.05) is 6.92 Å². The Morgan fingerprint density at radius 2 is 2.00 bits per heavy atom. The van der Waals surface area contributed by atoms with E-state index in [4.69, 9.17) is 10.2 Å². The number of carbonyl (C=O) groups is 2. The quantitative estimate of drug-likeness (QED) is 0.438. The lowest BCUT2D eigenvalue weighted by Crippen LogP contribution is -2.37. The van der Waals surface area contributed by atoms with Gasteiger partial charge in [-0.05, 0) is 6.54 Å². The highest BCUT2D eigenvalue weighted by Gasteiger charge is 2.15. The van der Waals surface area contributed by atoms with E-state index in [-0.39, 0.29) is 24.8 Å². The Kier molecular flexibility index (Phi) is 7.49. The predicted molar refractivity (Wildman–Crippen MR) is 59.0 cm³/mol. The van der Waals surface area contributed by atoms with Gasteiger partial charge in [0.1, 0.15) is 0 Å². The summed E-state index contributed by atoms with van der Waals surface area (Å²) < 4.78 is 0. The Balaban J connectivity index is 3.68. The lowest BCUT2D eigenvalue weighted by molar-refractivity contribution is -0.147. The maximum absolute atomic E-state index is 11.4. The van der Waals surface area contributed by atoms with Crippen LogP contribution < -0.4 is 10.6 Å². The highest BCUT2D eigenvalue weighted by Crippen LogP contribution is 1.94. The van der Waals surface area contributed by atoms with Crippen molar-refractivity contribution in [1.29, 1.82) is 0 Å². The van der Waals surface area contributed by atoms with Crippen molar-refractivity contribution >= 4 is 11.9 Å². The molecule has 0 aliphatic rings. The molecule has 0 aromatic heterocycles. The van der Waals surface area contributed by atoms with Gasteiger partial charge in [-0.2, -0.15) is 0 Å². The number of hydrogen-bond acceptors (Lipinski definition) is 4. The van der Waals surface area contributed by atoms with E-state index in [0.29, 0.717) is 6.54 Å². The van der Waals surface area contributed by atoms with Gasteiger partial charge in [0.2, 0.25) is 5.91 Å². The van der Waals surface area contributed by atoms with Gasteiger partial charge in [-0.15, -0.1) is 0 Å². The highest BCUT2D eigenvalue weighted by atomic mass is 16.4. The van der Waals surface area contributed by atoms with Gasteiger partial charge in [0.25, 0.3) is 0 Å². The molecule has 0 saturated heterocycles. The molecule has 0 aromatic carbocycles. The minimum atomic E-state index is -1.41. The summed E-state index contributed by atoms with van der Waals surface area (Å²) in [6.07, 6.45) is -1.39. The van der Waals surface area contributed by atoms with Gasteiger partial charge in [0.05, 0.1) is 0 Å². The van der Waals surface area contributed by atoms with Crippen molar-refractivity contribution in [3.8, 4) is 0 Å². The molecule has 94 valence electrons. The number of amides is 1. The number of carboxylic acids is 1. The molecular formula is C10H20N2O4. The third-order valence-electron chi connectivity index (χ3n) is 2.15. The Bertz CT molecular complexity index is 233. The van der Waals surface area contributed by atoms with Crippen molar-refractivity contribution in [1.82, 2.24) is 10.6 Å². The summed E-state index contributed by atoms with van der Waals surface area (Å²) in [5.41, 5.74) is 0. The maximum Gasteiger partial charge on any atom is 0.332 e. The minimum absolute atomic E-state index is 0.0228. The molecule has 0 radical (unpaired) electrons. The largest absolute Gasteiger partial charge is 0.479 e. The van der Waals surface area contributed by atoms with Crippen LogP contribution in [0.25, 0.3) is 0 Å². The van der Waals surface area contributed by atoms with Gasteiger partial charge < -0.3 is 20.8 Å². The first-order chi connectivity index (χ1) is 7.49. The first-order valence-corrected chi connectivity index (χ1v) is 5.38. The van der Waals surface area contributed by atoms with Gasteiger partial charge in [-0.3, -0.25) is 4.79 Å². The van der Waals surface area contributed by atoms with E-state index in [0.717, 1.165) is 6.54 Å². The van der Waals surface area contributed by atoms with Crippen molar-refractivity contribution in [2.24, 2.45) is 5.92 Å². The fourth-order valence-electron chi connectivity index (χ4n) is 1.08. The van der Waals surface area contributed by atoms with Crippen molar-refractivity contribution in [2.75, 3.05) is 19.6 Å². The van der Waals surface area contributed by atoms with Crippen LogP contribution in [0.3, 0.4) is 0 Å². The van der Waals surface area contributed by atoms with Crippen LogP contribution in [-0.2, 0) is 9.59 Å². The molecule has 0 aromatic rings. The van der Waals surface area contributed by atoms with Crippen LogP contribution in [0.5, 0.6) is 0 Å². The van der Waals surface area contributed by atoms with Crippen LogP contribution in [0.15, 0.2) is 0 Å². The Morgan fingerprint density at radius 1 is 1.38 bits per heavy atom. The average Bonchev–Trinajstić information content (AvgIpc) is 2.25. The van der Waals surface area contributed by atoms with Crippen LogP contribution >= 0.6 is 0 Å². The molecule has 0 rings (SSSR count). The molecule has 0 aliphatic carbocycles. The highest BCUT2D eigenvalue weighted by molar-refractivity contribution is 5.78. The van der Waals surface area contributed by atoms with E-state index >= 15 is 0 Å². The fourth-order valence-corrected chi connectivity index (χ4v) is 1.08. The van der Waals surface area contributed by atoms with Crippen molar-refractivity contribution in [3.05, 3.63) is 0 Å². The molecule has 1 unspecified atom stereocenters. The van der Waals surface area contributed by atoms with Crippen LogP contribution in [0.4, 0.5) is 0 Å². The summed E-state index contributed by atoms with van der Waals surface area (Å²) >= 11 is 0. The monoisotopic (exact) mass is 232 g/mol. The molecule has 1 amide bonds. The first kappa shape index (κ1) is 14.9.